The second kappa shape index (κ2) is 9.00. The smallest absolute Gasteiger partial charge is 0.305 e. The maximum atomic E-state index is 11.0. The summed E-state index contributed by atoms with van der Waals surface area (Å²) < 4.78 is 4.75. The molecule has 0 atom stereocenters. The number of esters is 1. The van der Waals surface area contributed by atoms with Crippen molar-refractivity contribution in [2.75, 3.05) is 12.5 Å². The average Bonchev–Trinajstić information content (AvgIpc) is 2.13. The molecule has 0 saturated heterocycles. The van der Waals surface area contributed by atoms with Gasteiger partial charge in [0.2, 0.25) is 0 Å². The Labute approximate surface area is 89.8 Å². The van der Waals surface area contributed by atoms with E-state index in [0.717, 1.165) is 6.42 Å². The van der Waals surface area contributed by atoms with Crippen LogP contribution in [-0.2, 0) is 14.3 Å². The molecule has 0 rings (SSSR count). The second-order valence-corrected chi connectivity index (χ2v) is 3.37. The van der Waals surface area contributed by atoms with Gasteiger partial charge in [-0.25, -0.2) is 0 Å². The highest BCUT2D eigenvalue weighted by atomic mass is 35.5. The zero-order valence-corrected chi connectivity index (χ0v) is 9.31. The molecule has 4 heteroatoms. The first-order chi connectivity index (χ1) is 6.70. The van der Waals surface area contributed by atoms with Crippen LogP contribution in [0.4, 0.5) is 0 Å². The van der Waals surface area contributed by atoms with Crippen LogP contribution < -0.4 is 0 Å². The third-order valence-corrected chi connectivity index (χ3v) is 1.95. The largest absolute Gasteiger partial charge is 0.466 e. The van der Waals surface area contributed by atoms with Crippen LogP contribution in [-0.4, -0.2) is 24.2 Å². The summed E-state index contributed by atoms with van der Waals surface area (Å²) in [4.78, 5) is 21.9. The minimum absolute atomic E-state index is 0.170. The number of hydrogen-bond donors (Lipinski definition) is 0. The molecular weight excluding hydrogens is 204 g/mol. The number of carbonyl (C=O) groups is 2. The third-order valence-electron chi connectivity index (χ3n) is 1.77. The molecule has 3 nitrogen and oxygen atoms in total. The predicted molar refractivity (Wildman–Crippen MR) is 55.4 cm³/mol. The van der Waals surface area contributed by atoms with Gasteiger partial charge in [-0.15, -0.1) is 11.6 Å². The lowest BCUT2D eigenvalue weighted by molar-refractivity contribution is -0.143. The molecule has 0 aliphatic rings. The van der Waals surface area contributed by atoms with E-state index in [4.69, 9.17) is 16.3 Å². The number of Topliss-reactive ketones (excluding diaryl/α,β-unsaturated/α-hetero) is 1. The highest BCUT2D eigenvalue weighted by molar-refractivity contribution is 6.19. The van der Waals surface area contributed by atoms with Gasteiger partial charge in [-0.1, -0.05) is 0 Å². The van der Waals surface area contributed by atoms with Crippen LogP contribution in [0.1, 0.15) is 39.0 Å². The van der Waals surface area contributed by atoms with Crippen molar-refractivity contribution in [2.24, 2.45) is 0 Å². The Morgan fingerprint density at radius 3 is 2.36 bits per heavy atom. The first-order valence-electron chi connectivity index (χ1n) is 4.94. The van der Waals surface area contributed by atoms with E-state index in [0.29, 0.717) is 38.2 Å². The topological polar surface area (TPSA) is 43.4 Å². The minimum atomic E-state index is -0.183. The zero-order chi connectivity index (χ0) is 10.8. The fourth-order valence-corrected chi connectivity index (χ4v) is 1.27. The lowest BCUT2D eigenvalue weighted by Crippen LogP contribution is -2.04. The molecule has 0 unspecified atom stereocenters. The molecule has 0 aromatic carbocycles. The van der Waals surface area contributed by atoms with Crippen LogP contribution in [0.5, 0.6) is 0 Å². The first-order valence-corrected chi connectivity index (χ1v) is 5.47. The van der Waals surface area contributed by atoms with Crippen LogP contribution in [0.15, 0.2) is 0 Å². The molecule has 0 aromatic heterocycles. The number of carbonyl (C=O) groups excluding carboxylic acids is 2. The highest BCUT2D eigenvalue weighted by Gasteiger charge is 2.03. The molecule has 82 valence electrons. The third kappa shape index (κ3) is 8.05. The number of ether oxygens (including phenoxy) is 1. The van der Waals surface area contributed by atoms with Gasteiger partial charge >= 0.3 is 5.97 Å². The summed E-state index contributed by atoms with van der Waals surface area (Å²) in [6.45, 7) is 2.20. The van der Waals surface area contributed by atoms with E-state index in [9.17, 15) is 9.59 Å². The summed E-state index contributed by atoms with van der Waals surface area (Å²) in [5, 5.41) is 0. The number of ketones is 1. The van der Waals surface area contributed by atoms with E-state index in [2.05, 4.69) is 0 Å². The van der Waals surface area contributed by atoms with Crippen molar-refractivity contribution >= 4 is 23.4 Å². The number of hydrogen-bond acceptors (Lipinski definition) is 3. The van der Waals surface area contributed by atoms with Gasteiger partial charge in [-0.3, -0.25) is 9.59 Å². The maximum Gasteiger partial charge on any atom is 0.305 e. The Hall–Kier alpha value is -0.570. The molecule has 0 heterocycles. The molecule has 0 bridgehead atoms. The lowest BCUT2D eigenvalue weighted by atomic mass is 10.1. The number of rotatable bonds is 8. The Morgan fingerprint density at radius 1 is 1.14 bits per heavy atom. The van der Waals surface area contributed by atoms with E-state index in [-0.39, 0.29) is 11.8 Å². The van der Waals surface area contributed by atoms with Crippen molar-refractivity contribution in [2.45, 2.75) is 39.0 Å². The molecule has 14 heavy (non-hydrogen) atoms. The van der Waals surface area contributed by atoms with Gasteiger partial charge in [-0.2, -0.15) is 0 Å². The molecule has 0 aliphatic carbocycles. The molecule has 0 amide bonds. The molecule has 0 fully saturated rings. The summed E-state index contributed by atoms with van der Waals surface area (Å²) in [5.74, 6) is 0.373. The van der Waals surface area contributed by atoms with Crippen molar-refractivity contribution < 1.29 is 14.3 Å². The van der Waals surface area contributed by atoms with Crippen LogP contribution in [0.25, 0.3) is 0 Å². The van der Waals surface area contributed by atoms with Gasteiger partial charge < -0.3 is 4.74 Å². The molecular formula is C10H17ClO3. The van der Waals surface area contributed by atoms with Crippen molar-refractivity contribution in [3.05, 3.63) is 0 Å². The SMILES string of the molecule is CCOC(=O)CCCCC(=O)CCCl. The first kappa shape index (κ1) is 13.4. The van der Waals surface area contributed by atoms with Crippen LogP contribution in [0.3, 0.4) is 0 Å². The number of unbranched alkanes of at least 4 members (excludes halogenated alkanes) is 1. The van der Waals surface area contributed by atoms with Crippen molar-refractivity contribution in [3.63, 3.8) is 0 Å². The van der Waals surface area contributed by atoms with Gasteiger partial charge in [0.05, 0.1) is 6.61 Å². The highest BCUT2D eigenvalue weighted by Crippen LogP contribution is 2.04. The fraction of sp³-hybridized carbons (Fsp3) is 0.800. The van der Waals surface area contributed by atoms with Gasteiger partial charge in [0.15, 0.2) is 0 Å². The summed E-state index contributed by atoms with van der Waals surface area (Å²) in [7, 11) is 0. The molecule has 0 N–H and O–H groups in total. The van der Waals surface area contributed by atoms with E-state index < -0.39 is 0 Å². The minimum Gasteiger partial charge on any atom is -0.466 e. The summed E-state index contributed by atoms with van der Waals surface area (Å²) >= 11 is 5.41. The molecule has 0 aromatic rings. The number of alkyl halides is 1. The summed E-state index contributed by atoms with van der Waals surface area (Å²) in [6.07, 6.45) is 2.82. The van der Waals surface area contributed by atoms with Crippen molar-refractivity contribution in [3.8, 4) is 0 Å². The molecule has 0 saturated carbocycles. The van der Waals surface area contributed by atoms with E-state index >= 15 is 0 Å². The molecule has 0 spiro atoms. The average molecular weight is 221 g/mol. The quantitative estimate of drug-likeness (QED) is 0.358. The number of halogens is 1. The molecule has 0 radical (unpaired) electrons. The monoisotopic (exact) mass is 220 g/mol. The zero-order valence-electron chi connectivity index (χ0n) is 8.55. The van der Waals surface area contributed by atoms with Gasteiger partial charge in [0, 0.05) is 25.1 Å². The predicted octanol–water partition coefficient (Wildman–Crippen LogP) is 2.31. The van der Waals surface area contributed by atoms with Gasteiger partial charge in [0.1, 0.15) is 5.78 Å². The van der Waals surface area contributed by atoms with Gasteiger partial charge in [0.25, 0.3) is 0 Å². The van der Waals surface area contributed by atoms with Crippen molar-refractivity contribution in [1.29, 1.82) is 0 Å². The van der Waals surface area contributed by atoms with E-state index in [1.165, 1.54) is 0 Å². The van der Waals surface area contributed by atoms with E-state index in [1.807, 2.05) is 0 Å². The molecule has 0 aliphatic heterocycles. The second-order valence-electron chi connectivity index (χ2n) is 2.99. The van der Waals surface area contributed by atoms with Crippen LogP contribution in [0.2, 0.25) is 0 Å². The standard InChI is InChI=1S/C10H17ClO3/c1-2-14-10(13)6-4-3-5-9(12)7-8-11/h2-8H2,1H3. The van der Waals surface area contributed by atoms with Crippen LogP contribution in [0, 0.1) is 0 Å². The van der Waals surface area contributed by atoms with Crippen molar-refractivity contribution in [1.82, 2.24) is 0 Å². The maximum absolute atomic E-state index is 11.0. The Balaban J connectivity index is 3.28. The Kier molecular flexibility index (Phi) is 8.64. The van der Waals surface area contributed by atoms with E-state index in [1.54, 1.807) is 6.92 Å². The normalized spacial score (nSPS) is 9.86. The summed E-state index contributed by atoms with van der Waals surface area (Å²) in [5.41, 5.74) is 0. The van der Waals surface area contributed by atoms with Gasteiger partial charge in [-0.05, 0) is 19.8 Å². The lowest BCUT2D eigenvalue weighted by Gasteiger charge is -2.01. The fourth-order valence-electron chi connectivity index (χ4n) is 1.06. The Morgan fingerprint density at radius 2 is 1.79 bits per heavy atom. The Bertz CT molecular complexity index is 160. The van der Waals surface area contributed by atoms with Crippen LogP contribution >= 0.6 is 11.6 Å². The summed E-state index contributed by atoms with van der Waals surface area (Å²) in [6, 6.07) is 0.